The molecule has 0 radical (unpaired) electrons. The second kappa shape index (κ2) is 11.7. The molecule has 0 saturated carbocycles. The van der Waals surface area contributed by atoms with E-state index in [1.165, 1.54) is 0 Å². The first kappa shape index (κ1) is 28.8. The molecular formula is C27H32N6O4S. The molecule has 11 heteroatoms. The van der Waals surface area contributed by atoms with Gasteiger partial charge in [-0.3, -0.25) is 4.79 Å². The third kappa shape index (κ3) is 6.74. The van der Waals surface area contributed by atoms with E-state index in [4.69, 9.17) is 10.5 Å². The van der Waals surface area contributed by atoms with Gasteiger partial charge in [0.2, 0.25) is 5.91 Å². The summed E-state index contributed by atoms with van der Waals surface area (Å²) in [4.78, 5) is 30.9. The number of β-amino-alcohol motifs (C(OH)–C–C–N with tert-alkyl or cyclic N) is 1. The SMILES string of the molecule is CCc1c(C#N)c(SC(C(N)=O)c2ccccc2)nc(N2CCC(O)(COC(=O)NC(C)(C)C)C2)c1C#N. The Morgan fingerprint density at radius 3 is 2.47 bits per heavy atom. The number of aromatic nitrogens is 1. The number of primary amides is 1. The molecule has 3 rings (SSSR count). The summed E-state index contributed by atoms with van der Waals surface area (Å²) in [5.74, 6) is -0.283. The average Bonchev–Trinajstić information content (AvgIpc) is 3.26. The molecule has 10 nitrogen and oxygen atoms in total. The molecule has 2 heterocycles. The number of hydrogen-bond acceptors (Lipinski definition) is 9. The Bertz CT molecular complexity index is 1280. The highest BCUT2D eigenvalue weighted by molar-refractivity contribution is 8.00. The summed E-state index contributed by atoms with van der Waals surface area (Å²) < 4.78 is 5.27. The smallest absolute Gasteiger partial charge is 0.407 e. The van der Waals surface area contributed by atoms with Crippen molar-refractivity contribution in [2.75, 3.05) is 24.6 Å². The molecule has 4 N–H and O–H groups in total. The number of ether oxygens (including phenoxy) is 1. The third-order valence-electron chi connectivity index (χ3n) is 6.00. The van der Waals surface area contributed by atoms with Crippen molar-refractivity contribution in [2.45, 2.75) is 62.0 Å². The van der Waals surface area contributed by atoms with Gasteiger partial charge in [-0.2, -0.15) is 10.5 Å². The Morgan fingerprint density at radius 2 is 1.92 bits per heavy atom. The van der Waals surface area contributed by atoms with Crippen LogP contribution < -0.4 is 16.0 Å². The van der Waals surface area contributed by atoms with E-state index >= 15 is 0 Å². The number of carbonyl (C=O) groups is 2. The summed E-state index contributed by atoms with van der Waals surface area (Å²) in [5.41, 5.74) is 5.51. The summed E-state index contributed by atoms with van der Waals surface area (Å²) in [7, 11) is 0. The van der Waals surface area contributed by atoms with E-state index in [-0.39, 0.29) is 35.7 Å². The second-order valence-corrected chi connectivity index (χ2v) is 11.3. The van der Waals surface area contributed by atoms with Gasteiger partial charge >= 0.3 is 6.09 Å². The number of pyridine rings is 1. The second-order valence-electron chi connectivity index (χ2n) is 10.2. The largest absolute Gasteiger partial charge is 0.446 e. The number of hydrogen-bond donors (Lipinski definition) is 3. The number of nitrogens with one attached hydrogen (secondary N) is 1. The Balaban J connectivity index is 1.95. The van der Waals surface area contributed by atoms with Gasteiger partial charge in [-0.05, 0) is 44.7 Å². The predicted molar refractivity (Wildman–Crippen MR) is 143 cm³/mol. The highest BCUT2D eigenvalue weighted by Gasteiger charge is 2.40. The standard InChI is InChI=1S/C27H32N6O4S/c1-5-18-19(13-28)23(33-12-11-27(36,15-33)16-37-25(35)32-26(2,3)4)31-24(20(18)14-29)38-21(22(30)34)17-9-7-6-8-10-17/h6-10,21,36H,5,11-12,15-16H2,1-4H3,(H2,30,34)(H,32,35). The molecule has 0 bridgehead atoms. The molecule has 1 saturated heterocycles. The average molecular weight is 537 g/mol. The van der Waals surface area contributed by atoms with Crippen LogP contribution in [0.25, 0.3) is 0 Å². The molecule has 0 aliphatic carbocycles. The van der Waals surface area contributed by atoms with Gasteiger partial charge < -0.3 is 25.8 Å². The number of nitrogens with zero attached hydrogens (tertiary/aromatic N) is 4. The van der Waals surface area contributed by atoms with Crippen LogP contribution in [0.1, 0.15) is 61.6 Å². The first-order valence-electron chi connectivity index (χ1n) is 12.2. The zero-order valence-electron chi connectivity index (χ0n) is 21.9. The van der Waals surface area contributed by atoms with Crippen LogP contribution in [0.2, 0.25) is 0 Å². The highest BCUT2D eigenvalue weighted by Crippen LogP contribution is 2.40. The first-order valence-corrected chi connectivity index (χ1v) is 13.1. The van der Waals surface area contributed by atoms with Crippen LogP contribution in [-0.2, 0) is 16.0 Å². The van der Waals surface area contributed by atoms with Crippen molar-refractivity contribution in [3.8, 4) is 12.1 Å². The third-order valence-corrected chi connectivity index (χ3v) is 7.26. The number of amides is 2. The van der Waals surface area contributed by atoms with Crippen LogP contribution >= 0.6 is 11.8 Å². The van der Waals surface area contributed by atoms with E-state index in [0.717, 1.165) is 11.8 Å². The molecule has 0 spiro atoms. The molecule has 2 unspecified atom stereocenters. The summed E-state index contributed by atoms with van der Waals surface area (Å²) in [6.45, 7) is 7.48. The molecule has 1 aromatic carbocycles. The normalized spacial score (nSPS) is 17.8. The zero-order valence-corrected chi connectivity index (χ0v) is 22.8. The topological polar surface area (TPSA) is 165 Å². The number of alkyl carbamates (subject to hydrolysis) is 1. The maximum atomic E-state index is 12.4. The lowest BCUT2D eigenvalue weighted by atomic mass is 10.0. The van der Waals surface area contributed by atoms with Gasteiger partial charge in [-0.1, -0.05) is 49.0 Å². The van der Waals surface area contributed by atoms with Crippen molar-refractivity contribution < 1.29 is 19.4 Å². The summed E-state index contributed by atoms with van der Waals surface area (Å²) in [6, 6.07) is 13.3. The van der Waals surface area contributed by atoms with Gasteiger partial charge in [-0.25, -0.2) is 9.78 Å². The Morgan fingerprint density at radius 1 is 1.26 bits per heavy atom. The molecule has 2 atom stereocenters. The van der Waals surface area contributed by atoms with E-state index < -0.39 is 28.4 Å². The highest BCUT2D eigenvalue weighted by atomic mass is 32.2. The fraction of sp³-hybridized carbons (Fsp3) is 0.444. The quantitative estimate of drug-likeness (QED) is 0.430. The van der Waals surface area contributed by atoms with Crippen LogP contribution in [0.3, 0.4) is 0 Å². The van der Waals surface area contributed by atoms with Crippen LogP contribution in [0.15, 0.2) is 35.4 Å². The minimum atomic E-state index is -1.35. The predicted octanol–water partition coefficient (Wildman–Crippen LogP) is 3.17. The fourth-order valence-corrected chi connectivity index (χ4v) is 5.28. The van der Waals surface area contributed by atoms with Crippen molar-refractivity contribution >= 4 is 29.6 Å². The molecule has 2 amide bonds. The van der Waals surface area contributed by atoms with Gasteiger partial charge in [0.1, 0.15) is 40.4 Å². The van der Waals surface area contributed by atoms with Crippen LogP contribution in [0.5, 0.6) is 0 Å². The number of aliphatic hydroxyl groups is 1. The molecule has 1 fully saturated rings. The monoisotopic (exact) mass is 536 g/mol. The number of benzene rings is 1. The molecular weight excluding hydrogens is 504 g/mol. The molecule has 1 aliphatic heterocycles. The maximum absolute atomic E-state index is 12.4. The number of nitrogens with two attached hydrogens (primary N) is 1. The lowest BCUT2D eigenvalue weighted by Crippen LogP contribution is -2.45. The van der Waals surface area contributed by atoms with Crippen molar-refractivity contribution in [3.63, 3.8) is 0 Å². The maximum Gasteiger partial charge on any atom is 0.407 e. The minimum Gasteiger partial charge on any atom is -0.446 e. The van der Waals surface area contributed by atoms with Crippen LogP contribution in [-0.4, -0.2) is 52.9 Å². The van der Waals surface area contributed by atoms with E-state index in [0.29, 0.717) is 29.9 Å². The molecule has 2 aromatic rings. The van der Waals surface area contributed by atoms with Gasteiger partial charge in [0.25, 0.3) is 0 Å². The van der Waals surface area contributed by atoms with Gasteiger partial charge in [0.15, 0.2) is 0 Å². The molecule has 38 heavy (non-hydrogen) atoms. The molecule has 200 valence electrons. The number of nitriles is 2. The number of rotatable bonds is 8. The number of carbonyl (C=O) groups excluding carboxylic acids is 2. The van der Waals surface area contributed by atoms with Crippen molar-refractivity contribution in [1.29, 1.82) is 10.5 Å². The Kier molecular flexibility index (Phi) is 8.87. The number of anilines is 1. The summed E-state index contributed by atoms with van der Waals surface area (Å²) >= 11 is 1.06. The molecule has 1 aliphatic rings. The zero-order chi connectivity index (χ0) is 28.1. The number of thioether (sulfide) groups is 1. The summed E-state index contributed by atoms with van der Waals surface area (Å²) in [6.07, 6.45) is 0.0273. The fourth-order valence-electron chi connectivity index (χ4n) is 4.22. The van der Waals surface area contributed by atoms with Crippen molar-refractivity contribution in [3.05, 3.63) is 52.6 Å². The van der Waals surface area contributed by atoms with Crippen molar-refractivity contribution in [2.24, 2.45) is 5.73 Å². The van der Waals surface area contributed by atoms with Gasteiger partial charge in [0, 0.05) is 12.1 Å². The van der Waals surface area contributed by atoms with Gasteiger partial charge in [0.05, 0.1) is 17.7 Å². The lowest BCUT2D eigenvalue weighted by molar-refractivity contribution is -0.117. The van der Waals surface area contributed by atoms with E-state index in [9.17, 15) is 25.2 Å². The minimum absolute atomic E-state index is 0.0641. The van der Waals surface area contributed by atoms with Crippen molar-refractivity contribution in [1.82, 2.24) is 10.3 Å². The Hall–Kier alpha value is -3.80. The van der Waals surface area contributed by atoms with E-state index in [1.54, 1.807) is 29.2 Å². The first-order chi connectivity index (χ1) is 17.9. The summed E-state index contributed by atoms with van der Waals surface area (Å²) in [5, 5.41) is 33.3. The van der Waals surface area contributed by atoms with Crippen LogP contribution in [0, 0.1) is 22.7 Å². The Labute approximate surface area is 226 Å². The van der Waals surface area contributed by atoms with Crippen LogP contribution in [0.4, 0.5) is 10.6 Å². The van der Waals surface area contributed by atoms with Gasteiger partial charge in [-0.15, -0.1) is 0 Å². The lowest BCUT2D eigenvalue weighted by Gasteiger charge is -2.26. The van der Waals surface area contributed by atoms with E-state index in [1.807, 2.05) is 33.8 Å². The molecule has 1 aromatic heterocycles. The van der Waals surface area contributed by atoms with E-state index in [2.05, 4.69) is 22.4 Å².